The van der Waals surface area contributed by atoms with Gasteiger partial charge in [-0.2, -0.15) is 10.5 Å². The molecule has 10 rings (SSSR count). The van der Waals surface area contributed by atoms with Gasteiger partial charge >= 0.3 is 0 Å². The number of rotatable bonds is 8. The Kier molecular flexibility index (Phi) is 8.28. The molecule has 0 radical (unpaired) electrons. The molecule has 1 amide bonds. The van der Waals surface area contributed by atoms with Crippen LogP contribution in [0.3, 0.4) is 0 Å². The second-order valence-electron chi connectivity index (χ2n) is 15.3. The Bertz CT molecular complexity index is 2170. The van der Waals surface area contributed by atoms with Crippen LogP contribution in [0.2, 0.25) is 10.0 Å². The fourth-order valence-corrected chi connectivity index (χ4v) is 9.93. The van der Waals surface area contributed by atoms with Crippen LogP contribution in [0.5, 0.6) is 0 Å². The van der Waals surface area contributed by atoms with Gasteiger partial charge in [-0.15, -0.1) is 0 Å². The zero-order valence-electron chi connectivity index (χ0n) is 28.5. The van der Waals surface area contributed by atoms with Crippen molar-refractivity contribution in [3.63, 3.8) is 0 Å². The lowest BCUT2D eigenvalue weighted by Crippen LogP contribution is -2.41. The summed E-state index contributed by atoms with van der Waals surface area (Å²) < 4.78 is 26.3. The van der Waals surface area contributed by atoms with Crippen LogP contribution in [0.1, 0.15) is 80.4 Å². The summed E-state index contributed by atoms with van der Waals surface area (Å²) in [6.45, 7) is 3.37. The number of nitriles is 2. The number of nitrogens with one attached hydrogen (secondary N) is 1. The topological polar surface area (TPSA) is 107 Å². The maximum Gasteiger partial charge on any atom is 0.226 e. The van der Waals surface area contributed by atoms with Crippen LogP contribution in [-0.2, 0) is 16.0 Å². The highest BCUT2D eigenvalue weighted by molar-refractivity contribution is 6.43. The molecule has 4 aromatic rings. The number of benzene rings is 2. The molecule has 51 heavy (non-hydrogen) atoms. The summed E-state index contributed by atoms with van der Waals surface area (Å²) in [7, 11) is 0. The summed E-state index contributed by atoms with van der Waals surface area (Å²) in [5.74, 6) is 0.205. The van der Waals surface area contributed by atoms with E-state index in [4.69, 9.17) is 32.9 Å². The molecule has 2 bridgehead atoms. The fraction of sp³-hybridized carbons (Fsp3) is 0.500. The smallest absolute Gasteiger partial charge is 0.226 e. The first-order valence-corrected chi connectivity index (χ1v) is 19.1. The van der Waals surface area contributed by atoms with Crippen LogP contribution < -0.4 is 5.32 Å². The Morgan fingerprint density at radius 1 is 1.10 bits per heavy atom. The van der Waals surface area contributed by atoms with Crippen LogP contribution in [-0.4, -0.2) is 51.7 Å². The van der Waals surface area contributed by atoms with Crippen LogP contribution in [0, 0.1) is 53.2 Å². The number of hydrogen-bond acceptors (Lipinski definition) is 6. The summed E-state index contributed by atoms with van der Waals surface area (Å²) >= 11 is 13.1. The number of nitrogens with zero attached hydrogens (tertiary/aromatic N) is 5. The summed E-state index contributed by atoms with van der Waals surface area (Å²) in [6, 6.07) is 14.3. The summed E-state index contributed by atoms with van der Waals surface area (Å²) in [4.78, 5) is 21.0. The van der Waals surface area contributed by atoms with E-state index in [0.717, 1.165) is 61.7 Å². The predicted octanol–water partition coefficient (Wildman–Crippen LogP) is 8.36. The van der Waals surface area contributed by atoms with E-state index in [9.17, 15) is 15.3 Å². The summed E-state index contributed by atoms with van der Waals surface area (Å²) in [5, 5.41) is 25.0. The first-order chi connectivity index (χ1) is 24.7. The van der Waals surface area contributed by atoms with Gasteiger partial charge in [-0.05, 0) is 81.5 Å². The van der Waals surface area contributed by atoms with Crippen molar-refractivity contribution in [1.82, 2.24) is 19.8 Å². The molecule has 262 valence electrons. The van der Waals surface area contributed by atoms with Crippen molar-refractivity contribution in [3.05, 3.63) is 63.1 Å². The molecule has 0 spiro atoms. The number of carbonyl (C=O) groups excluding carboxylic acids is 1. The Balaban J connectivity index is 1.24. The molecule has 3 saturated carbocycles. The van der Waals surface area contributed by atoms with Gasteiger partial charge in [-0.25, -0.2) is 9.37 Å². The Labute approximate surface area is 306 Å². The van der Waals surface area contributed by atoms with Crippen molar-refractivity contribution in [1.29, 1.82) is 10.5 Å². The Morgan fingerprint density at radius 3 is 2.65 bits per heavy atom. The van der Waals surface area contributed by atoms with E-state index >= 15 is 4.39 Å². The second kappa shape index (κ2) is 12.7. The molecule has 3 aliphatic carbocycles. The Morgan fingerprint density at radius 2 is 1.94 bits per heavy atom. The monoisotopic (exact) mass is 724 g/mol. The van der Waals surface area contributed by atoms with E-state index in [0.29, 0.717) is 58.1 Å². The van der Waals surface area contributed by atoms with Crippen molar-refractivity contribution < 1.29 is 13.9 Å². The number of aromatic nitrogens is 2. The molecule has 1 N–H and O–H groups in total. The second-order valence-corrected chi connectivity index (χ2v) is 16.1. The molecule has 6 fully saturated rings. The van der Waals surface area contributed by atoms with Crippen LogP contribution in [0.25, 0.3) is 32.9 Å². The van der Waals surface area contributed by atoms with Crippen molar-refractivity contribution in [2.24, 2.45) is 17.8 Å². The molecule has 2 aromatic heterocycles. The van der Waals surface area contributed by atoms with E-state index in [-0.39, 0.29) is 65.0 Å². The van der Waals surface area contributed by atoms with Gasteiger partial charge < -0.3 is 19.5 Å². The molecule has 5 heterocycles. The van der Waals surface area contributed by atoms with Gasteiger partial charge in [0.25, 0.3) is 0 Å². The average Bonchev–Trinajstić information content (AvgIpc) is 3.58. The summed E-state index contributed by atoms with van der Waals surface area (Å²) in [6.07, 6.45) is 6.48. The minimum absolute atomic E-state index is 0.0261. The number of carbonyl (C=O) groups is 1. The van der Waals surface area contributed by atoms with Gasteiger partial charge in [0.1, 0.15) is 5.52 Å². The minimum Gasteiger partial charge on any atom is -0.373 e. The highest BCUT2D eigenvalue weighted by Crippen LogP contribution is 2.51. The zero-order valence-corrected chi connectivity index (χ0v) is 30.0. The molecule has 11 heteroatoms. The van der Waals surface area contributed by atoms with Crippen LogP contribution >= 0.6 is 23.2 Å². The van der Waals surface area contributed by atoms with E-state index in [1.54, 1.807) is 18.2 Å². The van der Waals surface area contributed by atoms with Crippen molar-refractivity contribution in [3.8, 4) is 23.3 Å². The number of aryl methyl sites for hydroxylation is 2. The highest BCUT2D eigenvalue weighted by Gasteiger charge is 2.51. The number of amides is 1. The number of pyridine rings is 1. The van der Waals surface area contributed by atoms with Crippen LogP contribution in [0.4, 0.5) is 4.39 Å². The molecular weight excluding hydrogens is 686 g/mol. The molecule has 7 unspecified atom stereocenters. The number of fused-ring (bicyclic) bond motifs is 4. The van der Waals surface area contributed by atoms with Crippen molar-refractivity contribution >= 4 is 50.9 Å². The van der Waals surface area contributed by atoms with Gasteiger partial charge in [-0.3, -0.25) is 4.79 Å². The zero-order chi connectivity index (χ0) is 35.1. The van der Waals surface area contributed by atoms with Gasteiger partial charge in [0, 0.05) is 77.1 Å². The first kappa shape index (κ1) is 33.1. The standard InChI is InChI=1S/C40H39Cl2FN6O2/c1-20-28-16-33(32-15-26(19-48(32)40(50)22-8-9-22)51-25-10-7-21(12-25)17-45)49(38-24-14-31(38)46-18-24)39(28)29-13-23(4-3-11-44)34(36(43)37(29)47-20)27-5-2-6-30(41)35(27)42/h2,5-6,13,16,21-22,24-26,31-32,38,46H,3-4,7-10,12,14-15,18-19H2,1H3. The van der Waals surface area contributed by atoms with Crippen molar-refractivity contribution in [2.45, 2.75) is 95.0 Å². The van der Waals surface area contributed by atoms with E-state index in [2.05, 4.69) is 33.0 Å². The largest absolute Gasteiger partial charge is 0.373 e. The number of hydrogen-bond donors (Lipinski definition) is 1. The number of ether oxygens (including phenoxy) is 1. The predicted molar refractivity (Wildman–Crippen MR) is 194 cm³/mol. The third-order valence-corrected chi connectivity index (χ3v) is 13.0. The molecule has 6 aliphatic rings. The number of halogens is 3. The lowest BCUT2D eigenvalue weighted by molar-refractivity contribution is -0.134. The molecule has 2 aromatic carbocycles. The van der Waals surface area contributed by atoms with Crippen LogP contribution in [0.15, 0.2) is 30.3 Å². The third kappa shape index (κ3) is 5.43. The normalized spacial score (nSPS) is 28.4. The SMILES string of the molecule is Cc1nc2c(F)c(-c3cccc(Cl)c3Cl)c(CCC#N)cc2c2c1cc(C1CC(OC3CCC(C#N)C3)CN1C(=O)C1CC1)n2C1C2CNC1C2. The van der Waals surface area contributed by atoms with Gasteiger partial charge in [-0.1, -0.05) is 35.3 Å². The lowest BCUT2D eigenvalue weighted by Gasteiger charge is -2.39. The number of likely N-dealkylation sites (tertiary alicyclic amines) is 1. The molecular formula is C40H39Cl2FN6O2. The van der Waals surface area contributed by atoms with E-state index < -0.39 is 5.82 Å². The van der Waals surface area contributed by atoms with Gasteiger partial charge in [0.2, 0.25) is 5.91 Å². The van der Waals surface area contributed by atoms with Crippen molar-refractivity contribution in [2.75, 3.05) is 13.1 Å². The molecule has 3 aliphatic heterocycles. The molecule has 3 saturated heterocycles. The minimum atomic E-state index is -0.481. The maximum atomic E-state index is 17.2. The first-order valence-electron chi connectivity index (χ1n) is 18.3. The van der Waals surface area contributed by atoms with E-state index in [1.807, 2.05) is 13.0 Å². The lowest BCUT2D eigenvalue weighted by atomic mass is 9.79. The molecule has 8 nitrogen and oxygen atoms in total. The summed E-state index contributed by atoms with van der Waals surface area (Å²) in [5.41, 5.74) is 4.41. The highest BCUT2D eigenvalue weighted by atomic mass is 35.5. The Hall–Kier alpha value is -3.73. The van der Waals surface area contributed by atoms with E-state index in [1.165, 1.54) is 0 Å². The third-order valence-electron chi connectivity index (χ3n) is 12.2. The maximum absolute atomic E-state index is 17.2. The average molecular weight is 726 g/mol. The van der Waals surface area contributed by atoms with Gasteiger partial charge in [0.15, 0.2) is 5.82 Å². The quantitative estimate of drug-likeness (QED) is 0.196. The molecule has 7 atom stereocenters. The fourth-order valence-electron chi connectivity index (χ4n) is 9.54. The van der Waals surface area contributed by atoms with Gasteiger partial charge in [0.05, 0.1) is 52.0 Å².